The Bertz CT molecular complexity index is 533. The van der Waals surface area contributed by atoms with Crippen LogP contribution in [-0.4, -0.2) is 6.04 Å². The predicted octanol–water partition coefficient (Wildman–Crippen LogP) is 5.56. The van der Waals surface area contributed by atoms with Gasteiger partial charge in [0.05, 0.1) is 0 Å². The van der Waals surface area contributed by atoms with Crippen molar-refractivity contribution >= 4 is 23.7 Å². The van der Waals surface area contributed by atoms with Crippen LogP contribution in [0.2, 0.25) is 0 Å². The smallest absolute Gasteiger partial charge is 0.122 e. The lowest BCUT2D eigenvalue weighted by Crippen LogP contribution is -2.27. The molecule has 2 aromatic rings. The van der Waals surface area contributed by atoms with Crippen molar-refractivity contribution < 1.29 is 4.74 Å². The molecular formula is C19H26ClNOS. The van der Waals surface area contributed by atoms with Gasteiger partial charge < -0.3 is 10.1 Å². The SMILES string of the molecule is Cl.c1csc(COc2ccc(CNC3CCCCCC3)cc2)c1. The summed E-state index contributed by atoms with van der Waals surface area (Å²) in [7, 11) is 0. The van der Waals surface area contributed by atoms with Crippen LogP contribution in [0.5, 0.6) is 5.75 Å². The molecule has 0 unspecified atom stereocenters. The Kier molecular flexibility index (Phi) is 7.93. The molecule has 1 aromatic carbocycles. The van der Waals surface area contributed by atoms with E-state index in [9.17, 15) is 0 Å². The number of benzene rings is 1. The Labute approximate surface area is 149 Å². The molecule has 1 heterocycles. The fourth-order valence-electron chi connectivity index (χ4n) is 3.00. The van der Waals surface area contributed by atoms with E-state index < -0.39 is 0 Å². The molecule has 126 valence electrons. The second-order valence-electron chi connectivity index (χ2n) is 6.08. The lowest BCUT2D eigenvalue weighted by atomic mass is 10.1. The molecular weight excluding hydrogens is 326 g/mol. The number of nitrogens with one attached hydrogen (secondary N) is 1. The molecule has 0 aliphatic heterocycles. The summed E-state index contributed by atoms with van der Waals surface area (Å²) in [6.07, 6.45) is 8.26. The van der Waals surface area contributed by atoms with E-state index in [1.165, 1.54) is 49.0 Å². The summed E-state index contributed by atoms with van der Waals surface area (Å²) < 4.78 is 5.81. The van der Waals surface area contributed by atoms with Crippen molar-refractivity contribution in [2.24, 2.45) is 0 Å². The first-order valence-electron chi connectivity index (χ1n) is 8.38. The number of hydrogen-bond acceptors (Lipinski definition) is 3. The molecule has 1 fully saturated rings. The van der Waals surface area contributed by atoms with E-state index in [1.807, 2.05) is 0 Å². The van der Waals surface area contributed by atoms with Crippen molar-refractivity contribution in [1.82, 2.24) is 5.32 Å². The van der Waals surface area contributed by atoms with E-state index in [2.05, 4.69) is 47.1 Å². The van der Waals surface area contributed by atoms with Gasteiger partial charge in [0.1, 0.15) is 12.4 Å². The largest absolute Gasteiger partial charge is 0.488 e. The molecule has 1 aromatic heterocycles. The summed E-state index contributed by atoms with van der Waals surface area (Å²) in [6.45, 7) is 1.63. The topological polar surface area (TPSA) is 21.3 Å². The van der Waals surface area contributed by atoms with E-state index in [-0.39, 0.29) is 12.4 Å². The third-order valence-electron chi connectivity index (χ3n) is 4.33. The zero-order chi connectivity index (χ0) is 15.0. The van der Waals surface area contributed by atoms with E-state index in [0.717, 1.165) is 12.3 Å². The maximum atomic E-state index is 5.81. The standard InChI is InChI=1S/C19H25NOS.ClH/c1-2-4-7-17(6-3-1)20-14-16-9-11-18(12-10-16)21-15-19-8-5-13-22-19;/h5,8-13,17,20H,1-4,6-7,14-15H2;1H. The normalized spacial score (nSPS) is 15.7. The molecule has 1 aliphatic carbocycles. The van der Waals surface area contributed by atoms with Crippen molar-refractivity contribution in [3.63, 3.8) is 0 Å². The van der Waals surface area contributed by atoms with E-state index >= 15 is 0 Å². The first kappa shape index (κ1) is 18.3. The third-order valence-corrected chi connectivity index (χ3v) is 5.18. The molecule has 3 rings (SSSR count). The Morgan fingerprint density at radius 1 is 1.00 bits per heavy atom. The average Bonchev–Trinajstić information content (AvgIpc) is 2.94. The third kappa shape index (κ3) is 6.17. The molecule has 2 nitrogen and oxygen atoms in total. The minimum atomic E-state index is 0. The fourth-order valence-corrected chi connectivity index (χ4v) is 3.61. The van der Waals surface area contributed by atoms with Gasteiger partial charge in [0, 0.05) is 17.5 Å². The van der Waals surface area contributed by atoms with E-state index in [1.54, 1.807) is 11.3 Å². The minimum Gasteiger partial charge on any atom is -0.488 e. The Hall–Kier alpha value is -1.03. The number of ether oxygens (including phenoxy) is 1. The molecule has 0 spiro atoms. The molecule has 4 heteroatoms. The maximum absolute atomic E-state index is 5.81. The van der Waals surface area contributed by atoms with Crippen molar-refractivity contribution in [1.29, 1.82) is 0 Å². The van der Waals surface area contributed by atoms with Crippen LogP contribution in [0.15, 0.2) is 41.8 Å². The predicted molar refractivity (Wildman–Crippen MR) is 101 cm³/mol. The minimum absolute atomic E-state index is 0. The first-order chi connectivity index (χ1) is 10.9. The molecule has 23 heavy (non-hydrogen) atoms. The molecule has 0 amide bonds. The first-order valence-corrected chi connectivity index (χ1v) is 9.25. The monoisotopic (exact) mass is 351 g/mol. The quantitative estimate of drug-likeness (QED) is 0.688. The van der Waals surface area contributed by atoms with Gasteiger partial charge in [-0.05, 0) is 42.0 Å². The van der Waals surface area contributed by atoms with Crippen LogP contribution in [0.3, 0.4) is 0 Å². The number of hydrogen-bond donors (Lipinski definition) is 1. The summed E-state index contributed by atoms with van der Waals surface area (Å²) in [6, 6.07) is 13.4. The lowest BCUT2D eigenvalue weighted by Gasteiger charge is -2.16. The second-order valence-corrected chi connectivity index (χ2v) is 7.11. The maximum Gasteiger partial charge on any atom is 0.122 e. The van der Waals surface area contributed by atoms with Crippen LogP contribution in [-0.2, 0) is 13.2 Å². The van der Waals surface area contributed by atoms with Crippen LogP contribution in [0.1, 0.15) is 49.0 Å². The van der Waals surface area contributed by atoms with Crippen LogP contribution in [0.4, 0.5) is 0 Å². The van der Waals surface area contributed by atoms with Gasteiger partial charge in [-0.2, -0.15) is 0 Å². The van der Waals surface area contributed by atoms with Gasteiger partial charge >= 0.3 is 0 Å². The highest BCUT2D eigenvalue weighted by Gasteiger charge is 2.11. The van der Waals surface area contributed by atoms with Crippen LogP contribution in [0, 0.1) is 0 Å². The van der Waals surface area contributed by atoms with Crippen molar-refractivity contribution in [3.05, 3.63) is 52.2 Å². The van der Waals surface area contributed by atoms with Crippen molar-refractivity contribution in [2.75, 3.05) is 0 Å². The highest BCUT2D eigenvalue weighted by molar-refractivity contribution is 7.09. The summed E-state index contributed by atoms with van der Waals surface area (Å²) in [5.74, 6) is 0.951. The van der Waals surface area contributed by atoms with Gasteiger partial charge in [0.15, 0.2) is 0 Å². The lowest BCUT2D eigenvalue weighted by molar-refractivity contribution is 0.309. The molecule has 1 N–H and O–H groups in total. The summed E-state index contributed by atoms with van der Waals surface area (Å²) >= 11 is 1.74. The Morgan fingerprint density at radius 2 is 1.74 bits per heavy atom. The van der Waals surface area contributed by atoms with Crippen LogP contribution < -0.4 is 10.1 Å². The fraction of sp³-hybridized carbons (Fsp3) is 0.474. The molecule has 1 saturated carbocycles. The molecule has 0 bridgehead atoms. The number of halogens is 1. The van der Waals surface area contributed by atoms with Gasteiger partial charge in [-0.3, -0.25) is 0 Å². The number of rotatable bonds is 6. The zero-order valence-electron chi connectivity index (χ0n) is 13.5. The highest BCUT2D eigenvalue weighted by atomic mass is 35.5. The average molecular weight is 352 g/mol. The van der Waals surface area contributed by atoms with Gasteiger partial charge in [-0.1, -0.05) is 43.9 Å². The van der Waals surface area contributed by atoms with E-state index in [4.69, 9.17) is 4.74 Å². The zero-order valence-corrected chi connectivity index (χ0v) is 15.1. The highest BCUT2D eigenvalue weighted by Crippen LogP contribution is 2.19. The number of thiophene rings is 1. The van der Waals surface area contributed by atoms with Crippen LogP contribution in [0.25, 0.3) is 0 Å². The summed E-state index contributed by atoms with van der Waals surface area (Å²) in [5, 5.41) is 5.80. The van der Waals surface area contributed by atoms with Gasteiger partial charge in [-0.15, -0.1) is 23.7 Å². The second kappa shape index (κ2) is 9.96. The van der Waals surface area contributed by atoms with Gasteiger partial charge in [-0.25, -0.2) is 0 Å². The summed E-state index contributed by atoms with van der Waals surface area (Å²) in [4.78, 5) is 1.26. The van der Waals surface area contributed by atoms with E-state index in [0.29, 0.717) is 12.6 Å². The molecule has 0 saturated heterocycles. The molecule has 0 atom stereocenters. The van der Waals surface area contributed by atoms with Crippen molar-refractivity contribution in [3.8, 4) is 5.75 Å². The Balaban J connectivity index is 0.00000192. The van der Waals surface area contributed by atoms with Gasteiger partial charge in [0.2, 0.25) is 0 Å². The molecule has 1 aliphatic rings. The van der Waals surface area contributed by atoms with Crippen molar-refractivity contribution in [2.45, 2.75) is 57.7 Å². The summed E-state index contributed by atoms with van der Waals surface area (Å²) in [5.41, 5.74) is 1.34. The Morgan fingerprint density at radius 3 is 2.39 bits per heavy atom. The van der Waals surface area contributed by atoms with Crippen LogP contribution >= 0.6 is 23.7 Å². The van der Waals surface area contributed by atoms with Gasteiger partial charge in [0.25, 0.3) is 0 Å². The molecule has 0 radical (unpaired) electrons.